The van der Waals surface area contributed by atoms with Gasteiger partial charge < -0.3 is 5.11 Å². The first kappa shape index (κ1) is 13.9. The van der Waals surface area contributed by atoms with Gasteiger partial charge in [0.1, 0.15) is 5.69 Å². The van der Waals surface area contributed by atoms with Crippen molar-refractivity contribution in [2.24, 2.45) is 0 Å². The van der Waals surface area contributed by atoms with E-state index in [0.29, 0.717) is 11.3 Å². The van der Waals surface area contributed by atoms with Crippen molar-refractivity contribution in [2.45, 2.75) is 13.8 Å². The van der Waals surface area contributed by atoms with Gasteiger partial charge >= 0.3 is 5.97 Å². The number of aromatic nitrogens is 4. The van der Waals surface area contributed by atoms with Crippen molar-refractivity contribution in [1.82, 2.24) is 20.0 Å². The Kier molecular flexibility index (Phi) is 3.42. The molecule has 1 N–H and O–H groups in total. The first-order chi connectivity index (χ1) is 10.6. The molecule has 0 aliphatic carbocycles. The normalized spacial score (nSPS) is 10.6. The lowest BCUT2D eigenvalue weighted by molar-refractivity contribution is 0.0691. The van der Waals surface area contributed by atoms with Crippen LogP contribution in [0.2, 0.25) is 0 Å². The van der Waals surface area contributed by atoms with Crippen LogP contribution in [0, 0.1) is 13.8 Å². The van der Waals surface area contributed by atoms with Crippen LogP contribution in [0.25, 0.3) is 16.9 Å². The van der Waals surface area contributed by atoms with Gasteiger partial charge in [-0.05, 0) is 49.2 Å². The standard InChI is InChI=1S/C16H14N4O2/c1-10-5-6-13(8-11(10)2)20-15(12-4-3-7-17-9-12)14(16(21)22)18-19-20/h3-9H,1-2H3,(H,21,22). The molecule has 0 bridgehead atoms. The number of hydrogen-bond acceptors (Lipinski definition) is 4. The minimum Gasteiger partial charge on any atom is -0.476 e. The average Bonchev–Trinajstić information content (AvgIpc) is 2.96. The van der Waals surface area contributed by atoms with Gasteiger partial charge in [0, 0.05) is 18.0 Å². The molecule has 0 aliphatic heterocycles. The number of benzene rings is 1. The smallest absolute Gasteiger partial charge is 0.358 e. The Morgan fingerprint density at radius 3 is 2.64 bits per heavy atom. The predicted octanol–water partition coefficient (Wildman–Crippen LogP) is 2.64. The van der Waals surface area contributed by atoms with Crippen LogP contribution < -0.4 is 0 Å². The highest BCUT2D eigenvalue weighted by atomic mass is 16.4. The lowest BCUT2D eigenvalue weighted by Gasteiger charge is -2.09. The monoisotopic (exact) mass is 294 g/mol. The van der Waals surface area contributed by atoms with E-state index in [1.54, 1.807) is 24.5 Å². The molecule has 0 aliphatic rings. The summed E-state index contributed by atoms with van der Waals surface area (Å²) in [7, 11) is 0. The zero-order valence-corrected chi connectivity index (χ0v) is 12.2. The lowest BCUT2D eigenvalue weighted by Crippen LogP contribution is -2.03. The number of aryl methyl sites for hydroxylation is 2. The van der Waals surface area contributed by atoms with Gasteiger partial charge in [-0.1, -0.05) is 11.3 Å². The highest BCUT2D eigenvalue weighted by Gasteiger charge is 2.21. The number of rotatable bonds is 3. The predicted molar refractivity (Wildman–Crippen MR) is 81.0 cm³/mol. The van der Waals surface area contributed by atoms with Crippen LogP contribution in [0.15, 0.2) is 42.7 Å². The molecule has 0 spiro atoms. The highest BCUT2D eigenvalue weighted by molar-refractivity contribution is 5.92. The van der Waals surface area contributed by atoms with Crippen molar-refractivity contribution in [3.63, 3.8) is 0 Å². The van der Waals surface area contributed by atoms with Crippen LogP contribution in [-0.2, 0) is 0 Å². The fourth-order valence-electron chi connectivity index (χ4n) is 2.23. The second-order valence-corrected chi connectivity index (χ2v) is 5.01. The van der Waals surface area contributed by atoms with Gasteiger partial charge in [0.2, 0.25) is 0 Å². The number of carboxylic acids is 1. The van der Waals surface area contributed by atoms with E-state index in [-0.39, 0.29) is 5.69 Å². The molecule has 3 rings (SSSR count). The SMILES string of the molecule is Cc1ccc(-n2nnc(C(=O)O)c2-c2cccnc2)cc1C. The summed E-state index contributed by atoms with van der Waals surface area (Å²) < 4.78 is 1.53. The molecule has 110 valence electrons. The molecule has 0 fully saturated rings. The number of carboxylic acid groups (broad SMARTS) is 1. The molecule has 3 aromatic rings. The molecule has 22 heavy (non-hydrogen) atoms. The first-order valence-corrected chi connectivity index (χ1v) is 6.75. The van der Waals surface area contributed by atoms with Crippen LogP contribution in [0.1, 0.15) is 21.6 Å². The Balaban J connectivity index is 2.24. The van der Waals surface area contributed by atoms with Crippen molar-refractivity contribution in [1.29, 1.82) is 0 Å². The molecule has 2 aromatic heterocycles. The topological polar surface area (TPSA) is 80.9 Å². The Labute approximate surface area is 127 Å². The Morgan fingerprint density at radius 2 is 2.00 bits per heavy atom. The average molecular weight is 294 g/mol. The summed E-state index contributed by atoms with van der Waals surface area (Å²) in [6.45, 7) is 4.02. The van der Waals surface area contributed by atoms with E-state index >= 15 is 0 Å². The van der Waals surface area contributed by atoms with E-state index < -0.39 is 5.97 Å². The number of pyridine rings is 1. The number of carbonyl (C=O) groups is 1. The molecule has 0 amide bonds. The van der Waals surface area contributed by atoms with Crippen LogP contribution in [0.5, 0.6) is 0 Å². The summed E-state index contributed by atoms with van der Waals surface area (Å²) in [6.07, 6.45) is 3.23. The van der Waals surface area contributed by atoms with Gasteiger partial charge in [-0.25, -0.2) is 9.48 Å². The maximum atomic E-state index is 11.4. The molecule has 0 saturated carbocycles. The Bertz CT molecular complexity index is 841. The van der Waals surface area contributed by atoms with Crippen LogP contribution >= 0.6 is 0 Å². The third kappa shape index (κ3) is 2.35. The summed E-state index contributed by atoms with van der Waals surface area (Å²) in [5, 5.41) is 17.2. The maximum Gasteiger partial charge on any atom is 0.358 e. The van der Waals surface area contributed by atoms with Crippen molar-refractivity contribution >= 4 is 5.97 Å². The lowest BCUT2D eigenvalue weighted by atomic mass is 10.1. The Morgan fingerprint density at radius 1 is 1.18 bits per heavy atom. The van der Waals surface area contributed by atoms with Crippen molar-refractivity contribution in [3.05, 3.63) is 59.5 Å². The number of hydrogen-bond donors (Lipinski definition) is 1. The van der Waals surface area contributed by atoms with E-state index in [0.717, 1.165) is 16.8 Å². The molecular weight excluding hydrogens is 280 g/mol. The quantitative estimate of drug-likeness (QED) is 0.803. The molecular formula is C16H14N4O2. The van der Waals surface area contributed by atoms with Crippen LogP contribution in [0.4, 0.5) is 0 Å². The molecule has 0 atom stereocenters. The summed E-state index contributed by atoms with van der Waals surface area (Å²) in [6, 6.07) is 9.35. The van der Waals surface area contributed by atoms with Gasteiger partial charge in [0.25, 0.3) is 0 Å². The zero-order valence-electron chi connectivity index (χ0n) is 12.2. The van der Waals surface area contributed by atoms with E-state index in [4.69, 9.17) is 0 Å². The van der Waals surface area contributed by atoms with E-state index in [1.807, 2.05) is 32.0 Å². The van der Waals surface area contributed by atoms with E-state index in [2.05, 4.69) is 15.3 Å². The summed E-state index contributed by atoms with van der Waals surface area (Å²) in [5.74, 6) is -1.12. The van der Waals surface area contributed by atoms with E-state index in [9.17, 15) is 9.90 Å². The van der Waals surface area contributed by atoms with Gasteiger partial charge in [-0.15, -0.1) is 5.10 Å². The Hall–Kier alpha value is -3.02. The molecule has 0 saturated heterocycles. The fourth-order valence-corrected chi connectivity index (χ4v) is 2.23. The number of nitrogens with zero attached hydrogens (tertiary/aromatic N) is 4. The van der Waals surface area contributed by atoms with Crippen molar-refractivity contribution in [3.8, 4) is 16.9 Å². The first-order valence-electron chi connectivity index (χ1n) is 6.75. The third-order valence-electron chi connectivity index (χ3n) is 3.54. The summed E-state index contributed by atoms with van der Waals surface area (Å²) in [4.78, 5) is 15.5. The third-order valence-corrected chi connectivity index (χ3v) is 3.54. The van der Waals surface area contributed by atoms with Crippen LogP contribution in [0.3, 0.4) is 0 Å². The molecule has 0 unspecified atom stereocenters. The molecule has 6 nitrogen and oxygen atoms in total. The van der Waals surface area contributed by atoms with Crippen molar-refractivity contribution in [2.75, 3.05) is 0 Å². The molecule has 6 heteroatoms. The molecule has 1 aromatic carbocycles. The maximum absolute atomic E-state index is 11.4. The minimum absolute atomic E-state index is 0.0915. The summed E-state index contributed by atoms with van der Waals surface area (Å²) >= 11 is 0. The summed E-state index contributed by atoms with van der Waals surface area (Å²) in [5.41, 5.74) is 4.01. The second-order valence-electron chi connectivity index (χ2n) is 5.01. The fraction of sp³-hybridized carbons (Fsp3) is 0.125. The van der Waals surface area contributed by atoms with Crippen LogP contribution in [-0.4, -0.2) is 31.1 Å². The highest BCUT2D eigenvalue weighted by Crippen LogP contribution is 2.25. The van der Waals surface area contributed by atoms with Gasteiger partial charge in [-0.3, -0.25) is 4.98 Å². The van der Waals surface area contributed by atoms with Gasteiger partial charge in [0.05, 0.1) is 5.69 Å². The van der Waals surface area contributed by atoms with Gasteiger partial charge in [-0.2, -0.15) is 0 Å². The molecule has 2 heterocycles. The second kappa shape index (κ2) is 5.40. The largest absolute Gasteiger partial charge is 0.476 e. The van der Waals surface area contributed by atoms with Gasteiger partial charge in [0.15, 0.2) is 5.69 Å². The minimum atomic E-state index is -1.12. The molecule has 0 radical (unpaired) electrons. The van der Waals surface area contributed by atoms with E-state index in [1.165, 1.54) is 4.68 Å². The zero-order chi connectivity index (χ0) is 15.7. The van der Waals surface area contributed by atoms with Crippen molar-refractivity contribution < 1.29 is 9.90 Å². The number of aromatic carboxylic acids is 1.